The van der Waals surface area contributed by atoms with E-state index in [4.69, 9.17) is 0 Å². The van der Waals surface area contributed by atoms with Crippen molar-refractivity contribution in [1.82, 2.24) is 0 Å². The van der Waals surface area contributed by atoms with Crippen LogP contribution in [0.5, 0.6) is 0 Å². The number of hydrogen-bond acceptors (Lipinski definition) is 0. The first kappa shape index (κ1) is 19.5. The summed E-state index contributed by atoms with van der Waals surface area (Å²) >= 11 is 0. The van der Waals surface area contributed by atoms with Crippen molar-refractivity contribution in [2.45, 2.75) is 32.6 Å². The Morgan fingerprint density at radius 1 is 0.724 bits per heavy atom. The lowest BCUT2D eigenvalue weighted by atomic mass is 9.95. The van der Waals surface area contributed by atoms with E-state index in [0.29, 0.717) is 11.8 Å². The lowest BCUT2D eigenvalue weighted by Crippen LogP contribution is -1.91. The molecule has 1 aliphatic carbocycles. The highest BCUT2D eigenvalue weighted by atomic mass is 14.4. The molecule has 1 aliphatic rings. The van der Waals surface area contributed by atoms with Gasteiger partial charge in [0.15, 0.2) is 0 Å². The topological polar surface area (TPSA) is 0 Å². The SMILES string of the molecule is C=C(c1ccccc1)C1CC1C(=C)c1ccc(-c2ccc(CCCC)cc2)cc1. The summed E-state index contributed by atoms with van der Waals surface area (Å²) in [5.41, 5.74) is 8.98. The second-order valence-corrected chi connectivity index (χ2v) is 8.24. The van der Waals surface area contributed by atoms with E-state index in [9.17, 15) is 0 Å². The number of hydrogen-bond donors (Lipinski definition) is 0. The van der Waals surface area contributed by atoms with Gasteiger partial charge in [-0.1, -0.05) is 105 Å². The van der Waals surface area contributed by atoms with E-state index in [0.717, 1.165) is 6.42 Å². The maximum absolute atomic E-state index is 4.41. The third kappa shape index (κ3) is 4.43. The van der Waals surface area contributed by atoms with Crippen LogP contribution in [-0.2, 0) is 6.42 Å². The van der Waals surface area contributed by atoms with E-state index in [1.807, 2.05) is 0 Å². The van der Waals surface area contributed by atoms with Crippen molar-refractivity contribution in [2.75, 3.05) is 0 Å². The lowest BCUT2D eigenvalue weighted by molar-refractivity contribution is 0.795. The molecule has 0 heteroatoms. The summed E-state index contributed by atoms with van der Waals surface area (Å²) in [4.78, 5) is 0. The van der Waals surface area contributed by atoms with Gasteiger partial charge in [0.25, 0.3) is 0 Å². The standard InChI is InChI=1S/C29H30/c1-4-5-9-23-12-14-26(15-13-23)27-18-16-25(17-19-27)22(3)29-20-28(29)21(2)24-10-7-6-8-11-24/h6-8,10-19,28-29H,2-5,9,20H2,1H3. The van der Waals surface area contributed by atoms with Crippen molar-refractivity contribution in [3.8, 4) is 11.1 Å². The normalized spacial score (nSPS) is 17.7. The van der Waals surface area contributed by atoms with E-state index in [1.54, 1.807) is 0 Å². The van der Waals surface area contributed by atoms with E-state index in [2.05, 4.69) is 98.9 Å². The molecule has 2 unspecified atom stereocenters. The van der Waals surface area contributed by atoms with Crippen LogP contribution in [0.1, 0.15) is 42.9 Å². The van der Waals surface area contributed by atoms with Crippen molar-refractivity contribution in [3.05, 3.63) is 109 Å². The largest absolute Gasteiger partial charge is 0.0949 e. The molecule has 0 spiro atoms. The molecule has 3 aromatic rings. The van der Waals surface area contributed by atoms with Crippen LogP contribution in [0.3, 0.4) is 0 Å². The summed E-state index contributed by atoms with van der Waals surface area (Å²) in [6, 6.07) is 28.5. The number of rotatable bonds is 8. The van der Waals surface area contributed by atoms with Crippen LogP contribution in [0.15, 0.2) is 92.0 Å². The maximum Gasteiger partial charge on any atom is -0.00868 e. The van der Waals surface area contributed by atoms with E-state index >= 15 is 0 Å². The summed E-state index contributed by atoms with van der Waals surface area (Å²) in [5.74, 6) is 1.05. The fraction of sp³-hybridized carbons (Fsp3) is 0.241. The van der Waals surface area contributed by atoms with Crippen LogP contribution >= 0.6 is 0 Å². The predicted molar refractivity (Wildman–Crippen MR) is 127 cm³/mol. The minimum Gasteiger partial charge on any atom is -0.0949 e. The summed E-state index contributed by atoms with van der Waals surface area (Å²) in [6.07, 6.45) is 4.84. The van der Waals surface area contributed by atoms with Crippen LogP contribution < -0.4 is 0 Å². The first-order chi connectivity index (χ1) is 14.2. The van der Waals surface area contributed by atoms with Crippen molar-refractivity contribution in [1.29, 1.82) is 0 Å². The van der Waals surface area contributed by atoms with E-state index < -0.39 is 0 Å². The highest BCUT2D eigenvalue weighted by Crippen LogP contribution is 2.53. The molecule has 2 atom stereocenters. The molecule has 0 amide bonds. The molecule has 1 saturated carbocycles. The zero-order valence-electron chi connectivity index (χ0n) is 17.4. The van der Waals surface area contributed by atoms with Gasteiger partial charge in [-0.15, -0.1) is 0 Å². The van der Waals surface area contributed by atoms with Crippen molar-refractivity contribution in [2.24, 2.45) is 11.8 Å². The van der Waals surface area contributed by atoms with E-state index in [-0.39, 0.29) is 0 Å². The van der Waals surface area contributed by atoms with Crippen LogP contribution in [-0.4, -0.2) is 0 Å². The molecule has 146 valence electrons. The summed E-state index contributed by atoms with van der Waals surface area (Å²) in [7, 11) is 0. The molecule has 0 radical (unpaired) electrons. The zero-order chi connectivity index (χ0) is 20.2. The van der Waals surface area contributed by atoms with Gasteiger partial charge >= 0.3 is 0 Å². The molecule has 3 aromatic carbocycles. The third-order valence-corrected chi connectivity index (χ3v) is 6.19. The minimum absolute atomic E-state index is 0.520. The molecule has 0 nitrogen and oxygen atoms in total. The predicted octanol–water partition coefficient (Wildman–Crippen LogP) is 8.06. The number of unbranched alkanes of at least 4 members (excludes halogenated alkanes) is 1. The average molecular weight is 379 g/mol. The first-order valence-corrected chi connectivity index (χ1v) is 10.8. The van der Waals surface area contributed by atoms with Gasteiger partial charge in [0.1, 0.15) is 0 Å². The first-order valence-electron chi connectivity index (χ1n) is 10.8. The quantitative estimate of drug-likeness (QED) is 0.372. The Balaban J connectivity index is 1.40. The van der Waals surface area contributed by atoms with Gasteiger partial charge in [0, 0.05) is 0 Å². The Labute approximate surface area is 175 Å². The van der Waals surface area contributed by atoms with Gasteiger partial charge in [-0.2, -0.15) is 0 Å². The van der Waals surface area contributed by atoms with Gasteiger partial charge in [0.2, 0.25) is 0 Å². The molecule has 29 heavy (non-hydrogen) atoms. The van der Waals surface area contributed by atoms with Gasteiger partial charge in [-0.05, 0) is 70.1 Å². The van der Waals surface area contributed by atoms with Crippen molar-refractivity contribution >= 4 is 11.1 Å². The highest BCUT2D eigenvalue weighted by Gasteiger charge is 2.41. The molecule has 0 bridgehead atoms. The highest BCUT2D eigenvalue weighted by molar-refractivity contribution is 5.77. The molecule has 0 aliphatic heterocycles. The zero-order valence-corrected chi connectivity index (χ0v) is 17.4. The molecule has 0 saturated heterocycles. The molecule has 4 rings (SSSR count). The lowest BCUT2D eigenvalue weighted by Gasteiger charge is -2.10. The van der Waals surface area contributed by atoms with Gasteiger partial charge in [-0.25, -0.2) is 0 Å². The van der Waals surface area contributed by atoms with Gasteiger partial charge in [0.05, 0.1) is 0 Å². The Hall–Kier alpha value is -2.86. The molecular weight excluding hydrogens is 348 g/mol. The molecule has 0 N–H and O–H groups in total. The van der Waals surface area contributed by atoms with Crippen LogP contribution in [0, 0.1) is 11.8 Å². The average Bonchev–Trinajstić information content (AvgIpc) is 3.59. The van der Waals surface area contributed by atoms with Crippen LogP contribution in [0.4, 0.5) is 0 Å². The Morgan fingerprint density at radius 3 is 1.79 bits per heavy atom. The molecular formula is C29H30. The van der Waals surface area contributed by atoms with Gasteiger partial charge < -0.3 is 0 Å². The van der Waals surface area contributed by atoms with Crippen LogP contribution in [0.2, 0.25) is 0 Å². The summed E-state index contributed by atoms with van der Waals surface area (Å²) in [6.45, 7) is 11.0. The monoisotopic (exact) mass is 378 g/mol. The third-order valence-electron chi connectivity index (χ3n) is 6.19. The summed E-state index contributed by atoms with van der Waals surface area (Å²) < 4.78 is 0. The van der Waals surface area contributed by atoms with Crippen molar-refractivity contribution < 1.29 is 0 Å². The maximum atomic E-state index is 4.41. The summed E-state index contributed by atoms with van der Waals surface area (Å²) in [5, 5.41) is 0. The minimum atomic E-state index is 0.520. The van der Waals surface area contributed by atoms with Crippen LogP contribution in [0.25, 0.3) is 22.3 Å². The van der Waals surface area contributed by atoms with Gasteiger partial charge in [-0.3, -0.25) is 0 Å². The smallest absolute Gasteiger partial charge is 0.00868 e. The Bertz CT molecular complexity index is 974. The fourth-order valence-electron chi connectivity index (χ4n) is 4.17. The second kappa shape index (κ2) is 8.66. The fourth-order valence-corrected chi connectivity index (χ4v) is 4.17. The number of allylic oxidation sites excluding steroid dienone is 2. The number of aryl methyl sites for hydroxylation is 1. The van der Waals surface area contributed by atoms with Crippen molar-refractivity contribution in [3.63, 3.8) is 0 Å². The number of benzene rings is 3. The molecule has 1 fully saturated rings. The second-order valence-electron chi connectivity index (χ2n) is 8.24. The molecule has 0 heterocycles. The Morgan fingerprint density at radius 2 is 1.24 bits per heavy atom. The molecule has 0 aromatic heterocycles. The van der Waals surface area contributed by atoms with E-state index in [1.165, 1.54) is 58.2 Å². The Kier molecular flexibility index (Phi) is 5.81.